The highest BCUT2D eigenvalue weighted by Crippen LogP contribution is 2.41. The molecule has 2 fully saturated rings. The monoisotopic (exact) mass is 340 g/mol. The van der Waals surface area contributed by atoms with Gasteiger partial charge >= 0.3 is 0 Å². The summed E-state index contributed by atoms with van der Waals surface area (Å²) in [5.74, 6) is 0.862. The predicted octanol–water partition coefficient (Wildman–Crippen LogP) is 3.42. The molecule has 25 heavy (non-hydrogen) atoms. The van der Waals surface area contributed by atoms with Gasteiger partial charge in [-0.05, 0) is 74.5 Å². The number of hydrogen-bond donors (Lipinski definition) is 0. The van der Waals surface area contributed by atoms with Gasteiger partial charge in [0.1, 0.15) is 5.82 Å². The molecule has 0 N–H and O–H groups in total. The van der Waals surface area contributed by atoms with E-state index in [1.807, 2.05) is 19.1 Å². The summed E-state index contributed by atoms with van der Waals surface area (Å²) in [6.45, 7) is 7.14. The van der Waals surface area contributed by atoms with Crippen molar-refractivity contribution in [3.8, 4) is 0 Å². The summed E-state index contributed by atoms with van der Waals surface area (Å²) in [7, 11) is 0. The number of hydrogen-bond acceptors (Lipinski definition) is 4. The Balaban J connectivity index is 1.34. The zero-order chi connectivity index (χ0) is 17.3. The lowest BCUT2D eigenvalue weighted by Gasteiger charge is -2.39. The van der Waals surface area contributed by atoms with E-state index in [-0.39, 0.29) is 5.82 Å². The maximum absolute atomic E-state index is 13.4. The summed E-state index contributed by atoms with van der Waals surface area (Å²) in [4.78, 5) is 4.84. The van der Waals surface area contributed by atoms with Crippen LogP contribution in [0, 0.1) is 18.2 Å². The van der Waals surface area contributed by atoms with Crippen LogP contribution in [0.4, 0.5) is 10.2 Å². The van der Waals surface area contributed by atoms with Gasteiger partial charge in [-0.1, -0.05) is 12.1 Å². The first-order valence-electron chi connectivity index (χ1n) is 9.14. The molecular formula is C20H25FN4. The number of halogens is 1. The lowest BCUT2D eigenvalue weighted by atomic mass is 9.77. The zero-order valence-electron chi connectivity index (χ0n) is 14.8. The summed E-state index contributed by atoms with van der Waals surface area (Å²) in [6.07, 6.45) is 3.65. The van der Waals surface area contributed by atoms with Crippen molar-refractivity contribution in [2.75, 3.05) is 31.1 Å². The first-order valence-corrected chi connectivity index (χ1v) is 9.14. The minimum absolute atomic E-state index is 0.142. The number of aryl methyl sites for hydroxylation is 1. The number of rotatable bonds is 3. The Bertz CT molecular complexity index is 723. The molecule has 4 rings (SSSR count). The molecule has 2 aliphatic heterocycles. The number of piperidine rings is 1. The fraction of sp³-hybridized carbons (Fsp3) is 0.500. The smallest absolute Gasteiger partial charge is 0.151 e. The summed E-state index contributed by atoms with van der Waals surface area (Å²) in [5, 5.41) is 8.54. The van der Waals surface area contributed by atoms with Crippen LogP contribution >= 0.6 is 0 Å². The molecule has 2 aromatic rings. The third-order valence-corrected chi connectivity index (χ3v) is 5.76. The van der Waals surface area contributed by atoms with Gasteiger partial charge in [-0.25, -0.2) is 4.39 Å². The highest BCUT2D eigenvalue weighted by atomic mass is 19.1. The van der Waals surface area contributed by atoms with Gasteiger partial charge < -0.3 is 4.90 Å². The van der Waals surface area contributed by atoms with Crippen LogP contribution in [0.3, 0.4) is 0 Å². The molecule has 0 unspecified atom stereocenters. The molecule has 0 radical (unpaired) electrons. The molecule has 0 saturated carbocycles. The van der Waals surface area contributed by atoms with E-state index in [4.69, 9.17) is 0 Å². The zero-order valence-corrected chi connectivity index (χ0v) is 14.8. The van der Waals surface area contributed by atoms with Crippen LogP contribution in [-0.4, -0.2) is 41.3 Å². The Hall–Kier alpha value is -2.01. The topological polar surface area (TPSA) is 32.3 Å². The number of nitrogens with zero attached hydrogens (tertiary/aromatic N) is 4. The van der Waals surface area contributed by atoms with Gasteiger partial charge in [0.15, 0.2) is 5.82 Å². The van der Waals surface area contributed by atoms with E-state index in [0.29, 0.717) is 5.41 Å². The Morgan fingerprint density at radius 2 is 1.84 bits per heavy atom. The van der Waals surface area contributed by atoms with Crippen molar-refractivity contribution in [1.29, 1.82) is 0 Å². The molecule has 1 spiro atoms. The van der Waals surface area contributed by atoms with Crippen molar-refractivity contribution in [1.82, 2.24) is 15.1 Å². The van der Waals surface area contributed by atoms with Crippen LogP contribution in [0.15, 0.2) is 36.4 Å². The molecule has 2 saturated heterocycles. The Labute approximate surface area is 148 Å². The molecule has 4 nitrogen and oxygen atoms in total. The Morgan fingerprint density at radius 3 is 2.56 bits per heavy atom. The fourth-order valence-electron chi connectivity index (χ4n) is 4.18. The van der Waals surface area contributed by atoms with Gasteiger partial charge in [-0.2, -0.15) is 5.10 Å². The summed E-state index contributed by atoms with van der Waals surface area (Å²) < 4.78 is 13.4. The molecule has 1 aromatic heterocycles. The quantitative estimate of drug-likeness (QED) is 0.857. The van der Waals surface area contributed by atoms with Crippen LogP contribution in [0.2, 0.25) is 0 Å². The second-order valence-electron chi connectivity index (χ2n) is 7.61. The number of benzene rings is 1. The van der Waals surface area contributed by atoms with Gasteiger partial charge in [0.05, 0.1) is 5.69 Å². The van der Waals surface area contributed by atoms with Crippen molar-refractivity contribution >= 4 is 5.82 Å². The molecular weight excluding hydrogens is 315 g/mol. The number of aromatic nitrogens is 2. The largest absolute Gasteiger partial charge is 0.355 e. The van der Waals surface area contributed by atoms with Crippen molar-refractivity contribution in [3.05, 3.63) is 53.5 Å². The van der Waals surface area contributed by atoms with Crippen molar-refractivity contribution < 1.29 is 4.39 Å². The molecule has 5 heteroatoms. The maximum Gasteiger partial charge on any atom is 0.151 e. The van der Waals surface area contributed by atoms with E-state index in [2.05, 4.69) is 26.1 Å². The molecule has 3 heterocycles. The maximum atomic E-state index is 13.4. The van der Waals surface area contributed by atoms with E-state index in [9.17, 15) is 4.39 Å². The summed E-state index contributed by atoms with van der Waals surface area (Å²) in [5.41, 5.74) is 2.44. The standard InChI is InChI=1S/C20H25FN4/c1-16-5-6-19(23-22-16)25-12-9-20(15-25)7-10-24(11-8-20)14-17-3-2-4-18(21)13-17/h2-6,13H,7-12,14-15H2,1H3. The van der Waals surface area contributed by atoms with Crippen molar-refractivity contribution in [2.24, 2.45) is 5.41 Å². The van der Waals surface area contributed by atoms with E-state index in [0.717, 1.165) is 49.8 Å². The Morgan fingerprint density at radius 1 is 1.04 bits per heavy atom. The first-order chi connectivity index (χ1) is 12.1. The normalized spacial score (nSPS) is 20.3. The highest BCUT2D eigenvalue weighted by molar-refractivity contribution is 5.39. The minimum Gasteiger partial charge on any atom is -0.355 e. The average Bonchev–Trinajstić information content (AvgIpc) is 3.02. The molecule has 0 bridgehead atoms. The van der Waals surface area contributed by atoms with Crippen molar-refractivity contribution in [3.63, 3.8) is 0 Å². The predicted molar refractivity (Wildman–Crippen MR) is 96.9 cm³/mol. The van der Waals surface area contributed by atoms with Gasteiger partial charge in [-0.3, -0.25) is 4.90 Å². The summed E-state index contributed by atoms with van der Waals surface area (Å²) in [6, 6.07) is 11.1. The number of likely N-dealkylation sites (tertiary alicyclic amines) is 1. The van der Waals surface area contributed by atoms with Gasteiger partial charge in [-0.15, -0.1) is 5.10 Å². The number of anilines is 1. The van der Waals surface area contributed by atoms with E-state index >= 15 is 0 Å². The third-order valence-electron chi connectivity index (χ3n) is 5.76. The Kier molecular flexibility index (Phi) is 4.42. The SMILES string of the molecule is Cc1ccc(N2CCC3(CCN(Cc4cccc(F)c4)CC3)C2)nn1. The lowest BCUT2D eigenvalue weighted by molar-refractivity contribution is 0.115. The van der Waals surface area contributed by atoms with Crippen LogP contribution in [0.25, 0.3) is 0 Å². The lowest BCUT2D eigenvalue weighted by Crippen LogP contribution is -2.41. The van der Waals surface area contributed by atoms with Crippen LogP contribution < -0.4 is 4.90 Å². The minimum atomic E-state index is -0.142. The average molecular weight is 340 g/mol. The molecule has 1 aromatic carbocycles. The third kappa shape index (κ3) is 3.66. The summed E-state index contributed by atoms with van der Waals surface area (Å²) >= 11 is 0. The molecule has 2 aliphatic rings. The van der Waals surface area contributed by atoms with E-state index < -0.39 is 0 Å². The molecule has 0 amide bonds. The first kappa shape index (κ1) is 16.5. The second kappa shape index (κ2) is 6.71. The van der Waals surface area contributed by atoms with Crippen LogP contribution in [0.1, 0.15) is 30.5 Å². The van der Waals surface area contributed by atoms with Gasteiger partial charge in [0.25, 0.3) is 0 Å². The van der Waals surface area contributed by atoms with E-state index in [1.54, 1.807) is 12.1 Å². The molecule has 0 aliphatic carbocycles. The van der Waals surface area contributed by atoms with Gasteiger partial charge in [0, 0.05) is 19.6 Å². The van der Waals surface area contributed by atoms with Crippen LogP contribution in [0.5, 0.6) is 0 Å². The molecule has 132 valence electrons. The van der Waals surface area contributed by atoms with Crippen molar-refractivity contribution in [2.45, 2.75) is 32.7 Å². The molecule has 0 atom stereocenters. The van der Waals surface area contributed by atoms with E-state index in [1.165, 1.54) is 25.3 Å². The van der Waals surface area contributed by atoms with Gasteiger partial charge in [0.2, 0.25) is 0 Å². The fourth-order valence-corrected chi connectivity index (χ4v) is 4.18. The highest BCUT2D eigenvalue weighted by Gasteiger charge is 2.40. The van der Waals surface area contributed by atoms with Crippen LogP contribution in [-0.2, 0) is 6.54 Å². The second-order valence-corrected chi connectivity index (χ2v) is 7.61.